The van der Waals surface area contributed by atoms with Gasteiger partial charge >= 0.3 is 0 Å². The maximum Gasteiger partial charge on any atom is 0.255 e. The molecule has 3 rings (SSSR count). The van der Waals surface area contributed by atoms with Crippen molar-refractivity contribution in [2.24, 2.45) is 0 Å². The lowest BCUT2D eigenvalue weighted by atomic mass is 10.0. The molecule has 0 bridgehead atoms. The fourth-order valence-electron chi connectivity index (χ4n) is 2.76. The van der Waals surface area contributed by atoms with Crippen molar-refractivity contribution < 1.29 is 9.53 Å². The summed E-state index contributed by atoms with van der Waals surface area (Å²) in [5.74, 6) is 0.889. The van der Waals surface area contributed by atoms with Crippen LogP contribution in [-0.4, -0.2) is 37.6 Å². The van der Waals surface area contributed by atoms with Crippen molar-refractivity contribution in [1.29, 1.82) is 0 Å². The van der Waals surface area contributed by atoms with Crippen LogP contribution in [0.4, 0.5) is 0 Å². The summed E-state index contributed by atoms with van der Waals surface area (Å²) in [7, 11) is 1.66. The smallest absolute Gasteiger partial charge is 0.255 e. The minimum atomic E-state index is -0.0175. The number of carbonyl (C=O) groups is 1. The molecular weight excluding hydrogens is 364 g/mol. The Balaban J connectivity index is 1.93. The van der Waals surface area contributed by atoms with Crippen molar-refractivity contribution >= 4 is 33.2 Å². The quantitative estimate of drug-likeness (QED) is 0.887. The number of methoxy groups -OCH3 is 1. The van der Waals surface area contributed by atoms with Gasteiger partial charge in [-0.05, 0) is 28.1 Å². The Morgan fingerprint density at radius 3 is 3.00 bits per heavy atom. The van der Waals surface area contributed by atoms with Crippen molar-refractivity contribution in [3.05, 3.63) is 50.6 Å². The number of thiophene rings is 1. The zero-order valence-corrected chi connectivity index (χ0v) is 14.6. The van der Waals surface area contributed by atoms with Crippen LogP contribution in [0, 0.1) is 0 Å². The van der Waals surface area contributed by atoms with Crippen molar-refractivity contribution in [3.8, 4) is 5.75 Å². The number of hydrogen-bond acceptors (Lipinski definition) is 4. The SMILES string of the molecule is COc1ccccc1C1CNCCN1C(=O)c1csc(Br)c1. The summed E-state index contributed by atoms with van der Waals surface area (Å²) in [6.45, 7) is 2.23. The molecule has 0 spiro atoms. The molecule has 0 aliphatic carbocycles. The number of nitrogens with one attached hydrogen (secondary N) is 1. The first kappa shape index (κ1) is 15.5. The predicted octanol–water partition coefficient (Wildman–Crippen LogP) is 3.31. The van der Waals surface area contributed by atoms with E-state index in [1.54, 1.807) is 7.11 Å². The van der Waals surface area contributed by atoms with Gasteiger partial charge in [0, 0.05) is 30.6 Å². The molecule has 1 saturated heterocycles. The number of rotatable bonds is 3. The lowest BCUT2D eigenvalue weighted by Gasteiger charge is -2.37. The molecule has 1 aliphatic heterocycles. The van der Waals surface area contributed by atoms with E-state index < -0.39 is 0 Å². The summed E-state index contributed by atoms with van der Waals surface area (Å²) in [4.78, 5) is 14.8. The fraction of sp³-hybridized carbons (Fsp3) is 0.312. The van der Waals surface area contributed by atoms with Gasteiger partial charge in [-0.3, -0.25) is 4.79 Å². The van der Waals surface area contributed by atoms with Gasteiger partial charge in [0.2, 0.25) is 0 Å². The van der Waals surface area contributed by atoms with Crippen LogP contribution in [0.2, 0.25) is 0 Å². The first-order valence-electron chi connectivity index (χ1n) is 7.09. The topological polar surface area (TPSA) is 41.6 Å². The maximum atomic E-state index is 12.8. The largest absolute Gasteiger partial charge is 0.496 e. The Morgan fingerprint density at radius 2 is 2.27 bits per heavy atom. The molecule has 1 N–H and O–H groups in total. The zero-order chi connectivity index (χ0) is 15.5. The molecule has 0 saturated carbocycles. The monoisotopic (exact) mass is 380 g/mol. The van der Waals surface area contributed by atoms with Gasteiger partial charge in [0.15, 0.2) is 0 Å². The first-order chi connectivity index (χ1) is 10.7. The van der Waals surface area contributed by atoms with Crippen molar-refractivity contribution in [3.63, 3.8) is 0 Å². The van der Waals surface area contributed by atoms with Crippen molar-refractivity contribution in [2.45, 2.75) is 6.04 Å². The molecule has 2 heterocycles. The Labute approximate surface area is 142 Å². The molecule has 1 amide bonds. The summed E-state index contributed by atoms with van der Waals surface area (Å²) < 4.78 is 6.44. The Bertz CT molecular complexity index is 674. The van der Waals surface area contributed by atoms with E-state index in [0.717, 1.165) is 33.8 Å². The summed E-state index contributed by atoms with van der Waals surface area (Å²) in [5, 5.41) is 5.27. The molecule has 22 heavy (non-hydrogen) atoms. The van der Waals surface area contributed by atoms with E-state index in [0.29, 0.717) is 6.54 Å². The number of benzene rings is 1. The minimum absolute atomic E-state index is 0.0175. The van der Waals surface area contributed by atoms with E-state index in [1.807, 2.05) is 40.6 Å². The highest BCUT2D eigenvalue weighted by Crippen LogP contribution is 2.32. The van der Waals surface area contributed by atoms with Crippen molar-refractivity contribution in [2.75, 3.05) is 26.7 Å². The number of halogens is 1. The highest BCUT2D eigenvalue weighted by Gasteiger charge is 2.30. The number of carbonyl (C=O) groups excluding carboxylic acids is 1. The lowest BCUT2D eigenvalue weighted by Crippen LogP contribution is -2.48. The lowest BCUT2D eigenvalue weighted by molar-refractivity contribution is 0.0632. The van der Waals surface area contributed by atoms with Crippen LogP contribution >= 0.6 is 27.3 Å². The highest BCUT2D eigenvalue weighted by molar-refractivity contribution is 9.11. The predicted molar refractivity (Wildman–Crippen MR) is 91.7 cm³/mol. The van der Waals surface area contributed by atoms with Gasteiger partial charge in [0.05, 0.1) is 22.5 Å². The molecule has 1 fully saturated rings. The maximum absolute atomic E-state index is 12.8. The van der Waals surface area contributed by atoms with Crippen LogP contribution in [-0.2, 0) is 0 Å². The Morgan fingerprint density at radius 1 is 1.45 bits per heavy atom. The van der Waals surface area contributed by atoms with Crippen LogP contribution in [0.15, 0.2) is 39.5 Å². The third-order valence-corrected chi connectivity index (χ3v) is 5.32. The van der Waals surface area contributed by atoms with E-state index >= 15 is 0 Å². The molecule has 1 aromatic carbocycles. The minimum Gasteiger partial charge on any atom is -0.496 e. The summed E-state index contributed by atoms with van der Waals surface area (Å²) in [6, 6.07) is 9.76. The van der Waals surface area contributed by atoms with Gasteiger partial charge in [0.25, 0.3) is 5.91 Å². The first-order valence-corrected chi connectivity index (χ1v) is 8.76. The van der Waals surface area contributed by atoms with Crippen LogP contribution in [0.25, 0.3) is 0 Å². The second-order valence-corrected chi connectivity index (χ2v) is 7.39. The van der Waals surface area contributed by atoms with E-state index in [1.165, 1.54) is 11.3 Å². The van der Waals surface area contributed by atoms with E-state index in [9.17, 15) is 4.79 Å². The summed E-state index contributed by atoms with van der Waals surface area (Å²) in [6.07, 6.45) is 0. The number of ether oxygens (including phenoxy) is 1. The average molecular weight is 381 g/mol. The molecule has 6 heteroatoms. The summed E-state index contributed by atoms with van der Waals surface area (Å²) in [5.41, 5.74) is 1.78. The second-order valence-electron chi connectivity index (χ2n) is 5.10. The molecule has 1 aromatic heterocycles. The van der Waals surface area contributed by atoms with Crippen molar-refractivity contribution in [1.82, 2.24) is 10.2 Å². The normalized spacial score (nSPS) is 18.3. The number of hydrogen-bond donors (Lipinski definition) is 1. The van der Waals surface area contributed by atoms with Gasteiger partial charge in [-0.1, -0.05) is 18.2 Å². The van der Waals surface area contributed by atoms with Gasteiger partial charge in [-0.25, -0.2) is 0 Å². The number of piperazine rings is 1. The molecule has 0 radical (unpaired) electrons. The zero-order valence-electron chi connectivity index (χ0n) is 12.2. The number of amides is 1. The van der Waals surface area contributed by atoms with Gasteiger partial charge in [-0.2, -0.15) is 0 Å². The molecule has 2 aromatic rings. The van der Waals surface area contributed by atoms with Gasteiger partial charge in [0.1, 0.15) is 5.75 Å². The van der Waals surface area contributed by atoms with Crippen LogP contribution < -0.4 is 10.1 Å². The van der Waals surface area contributed by atoms with Crippen LogP contribution in [0.5, 0.6) is 5.75 Å². The van der Waals surface area contributed by atoms with E-state index in [2.05, 4.69) is 21.2 Å². The Kier molecular flexibility index (Phi) is 4.81. The third-order valence-electron chi connectivity index (χ3n) is 3.82. The Hall–Kier alpha value is -1.37. The molecular formula is C16H17BrN2O2S. The number of para-hydroxylation sites is 1. The molecule has 1 aliphatic rings. The van der Waals surface area contributed by atoms with Gasteiger partial charge in [-0.15, -0.1) is 11.3 Å². The number of nitrogens with zero attached hydrogens (tertiary/aromatic N) is 1. The van der Waals surface area contributed by atoms with Gasteiger partial charge < -0.3 is 15.0 Å². The summed E-state index contributed by atoms with van der Waals surface area (Å²) >= 11 is 4.95. The van der Waals surface area contributed by atoms with E-state index in [-0.39, 0.29) is 11.9 Å². The van der Waals surface area contributed by atoms with Crippen LogP contribution in [0.3, 0.4) is 0 Å². The molecule has 1 atom stereocenters. The van der Waals surface area contributed by atoms with Crippen LogP contribution in [0.1, 0.15) is 22.0 Å². The molecule has 4 nitrogen and oxygen atoms in total. The second kappa shape index (κ2) is 6.81. The van der Waals surface area contributed by atoms with E-state index in [4.69, 9.17) is 4.74 Å². The highest BCUT2D eigenvalue weighted by atomic mass is 79.9. The average Bonchev–Trinajstić information content (AvgIpc) is 3.00. The fourth-order valence-corrected chi connectivity index (χ4v) is 3.89. The molecule has 116 valence electrons. The molecule has 1 unspecified atom stereocenters. The third kappa shape index (κ3) is 3.04. The standard InChI is InChI=1S/C16H17BrN2O2S/c1-21-14-5-3-2-4-12(14)13-9-18-6-7-19(13)16(20)11-8-15(17)22-10-11/h2-5,8,10,13,18H,6-7,9H2,1H3.